The number of carboxylic acid groups (broad SMARTS) is 1. The van der Waals surface area contributed by atoms with Crippen molar-refractivity contribution >= 4 is 5.97 Å². The van der Waals surface area contributed by atoms with Gasteiger partial charge in [0.15, 0.2) is 11.5 Å². The highest BCUT2D eigenvalue weighted by atomic mass is 19.3. The molecule has 0 saturated carbocycles. The SMILES string of the molecule is O=C(O)c1ccc2c(c1)OC(F)C(F)(F)O2. The quantitative estimate of drug-likeness (QED) is 0.807. The zero-order valence-corrected chi connectivity index (χ0v) is 7.62. The van der Waals surface area contributed by atoms with Crippen molar-refractivity contribution in [1.29, 1.82) is 0 Å². The number of aromatic carboxylic acids is 1. The summed E-state index contributed by atoms with van der Waals surface area (Å²) in [6.07, 6.45) is -7.03. The molecule has 4 nitrogen and oxygen atoms in total. The molecule has 1 atom stereocenters. The number of rotatable bonds is 1. The Balaban J connectivity index is 2.40. The Morgan fingerprint density at radius 2 is 2.06 bits per heavy atom. The van der Waals surface area contributed by atoms with E-state index in [1.54, 1.807) is 0 Å². The summed E-state index contributed by atoms with van der Waals surface area (Å²) >= 11 is 0. The summed E-state index contributed by atoms with van der Waals surface area (Å²) in [4.78, 5) is 10.6. The molecule has 0 aliphatic carbocycles. The molecule has 1 aromatic rings. The van der Waals surface area contributed by atoms with E-state index < -0.39 is 24.2 Å². The second-order valence-corrected chi connectivity index (χ2v) is 3.06. The summed E-state index contributed by atoms with van der Waals surface area (Å²) in [5.41, 5.74) is -0.209. The molecule has 7 heteroatoms. The van der Waals surface area contributed by atoms with E-state index in [1.807, 2.05) is 0 Å². The highest BCUT2D eigenvalue weighted by Crippen LogP contribution is 2.40. The summed E-state index contributed by atoms with van der Waals surface area (Å²) in [6.45, 7) is 0. The minimum absolute atomic E-state index is 0.209. The third-order valence-electron chi connectivity index (χ3n) is 1.93. The van der Waals surface area contributed by atoms with Gasteiger partial charge in [-0.15, -0.1) is 0 Å². The molecule has 0 fully saturated rings. The molecule has 2 rings (SSSR count). The molecule has 0 aromatic heterocycles. The van der Waals surface area contributed by atoms with E-state index >= 15 is 0 Å². The second kappa shape index (κ2) is 3.29. The monoisotopic (exact) mass is 234 g/mol. The molecule has 1 aromatic carbocycles. The second-order valence-electron chi connectivity index (χ2n) is 3.06. The maximum atomic E-state index is 12.7. The third kappa shape index (κ3) is 1.64. The highest BCUT2D eigenvalue weighted by Gasteiger charge is 2.49. The van der Waals surface area contributed by atoms with Gasteiger partial charge < -0.3 is 14.6 Å². The number of carboxylic acids is 1. The van der Waals surface area contributed by atoms with Crippen LogP contribution < -0.4 is 9.47 Å². The average molecular weight is 234 g/mol. The van der Waals surface area contributed by atoms with Crippen molar-refractivity contribution in [1.82, 2.24) is 0 Å². The third-order valence-corrected chi connectivity index (χ3v) is 1.93. The molecule has 0 spiro atoms. The lowest BCUT2D eigenvalue weighted by atomic mass is 10.2. The van der Waals surface area contributed by atoms with E-state index in [-0.39, 0.29) is 11.3 Å². The number of benzene rings is 1. The largest absolute Gasteiger partial charge is 0.478 e. The first-order valence-corrected chi connectivity index (χ1v) is 4.15. The Bertz CT molecular complexity index is 446. The van der Waals surface area contributed by atoms with Gasteiger partial charge in [-0.2, -0.15) is 13.2 Å². The maximum absolute atomic E-state index is 12.7. The minimum Gasteiger partial charge on any atom is -0.478 e. The van der Waals surface area contributed by atoms with Gasteiger partial charge in [-0.1, -0.05) is 0 Å². The van der Waals surface area contributed by atoms with Crippen LogP contribution in [-0.2, 0) is 0 Å². The van der Waals surface area contributed by atoms with Crippen molar-refractivity contribution in [2.75, 3.05) is 0 Å². The maximum Gasteiger partial charge on any atom is 0.468 e. The Labute approximate surface area is 87.2 Å². The minimum atomic E-state index is -4.07. The molecule has 0 bridgehead atoms. The summed E-state index contributed by atoms with van der Waals surface area (Å²) in [5.74, 6) is -2.04. The highest BCUT2D eigenvalue weighted by molar-refractivity contribution is 5.88. The summed E-state index contributed by atoms with van der Waals surface area (Å²) in [7, 11) is 0. The van der Waals surface area contributed by atoms with Crippen molar-refractivity contribution in [2.45, 2.75) is 12.5 Å². The first-order chi connectivity index (χ1) is 7.40. The summed E-state index contributed by atoms with van der Waals surface area (Å²) in [6, 6.07) is 2.96. The van der Waals surface area contributed by atoms with Crippen LogP contribution in [0.15, 0.2) is 18.2 Å². The molecule has 1 N–H and O–H groups in total. The van der Waals surface area contributed by atoms with Crippen LogP contribution in [0.1, 0.15) is 10.4 Å². The van der Waals surface area contributed by atoms with Gasteiger partial charge in [0.2, 0.25) is 0 Å². The van der Waals surface area contributed by atoms with Crippen LogP contribution >= 0.6 is 0 Å². The fourth-order valence-corrected chi connectivity index (χ4v) is 1.19. The zero-order chi connectivity index (χ0) is 11.9. The zero-order valence-electron chi connectivity index (χ0n) is 7.62. The van der Waals surface area contributed by atoms with Crippen LogP contribution in [0.4, 0.5) is 13.2 Å². The topological polar surface area (TPSA) is 55.8 Å². The first-order valence-electron chi connectivity index (χ1n) is 4.15. The average Bonchev–Trinajstić information content (AvgIpc) is 2.18. The predicted molar refractivity (Wildman–Crippen MR) is 44.5 cm³/mol. The number of hydrogen-bond acceptors (Lipinski definition) is 3. The Kier molecular flexibility index (Phi) is 2.18. The van der Waals surface area contributed by atoms with Crippen molar-refractivity contribution in [3.63, 3.8) is 0 Å². The van der Waals surface area contributed by atoms with Crippen LogP contribution in [0.5, 0.6) is 11.5 Å². The molecule has 0 amide bonds. The van der Waals surface area contributed by atoms with E-state index in [0.29, 0.717) is 0 Å². The number of halogens is 3. The van der Waals surface area contributed by atoms with Gasteiger partial charge in [0, 0.05) is 0 Å². The van der Waals surface area contributed by atoms with Gasteiger partial charge in [-0.05, 0) is 18.2 Å². The molecule has 1 aliphatic heterocycles. The number of alkyl halides is 3. The Hall–Kier alpha value is -1.92. The van der Waals surface area contributed by atoms with Gasteiger partial charge in [-0.25, -0.2) is 4.79 Å². The first kappa shape index (κ1) is 10.6. The molecule has 1 aliphatic rings. The van der Waals surface area contributed by atoms with Gasteiger partial charge in [0.25, 0.3) is 0 Å². The van der Waals surface area contributed by atoms with Crippen LogP contribution in [0.25, 0.3) is 0 Å². The van der Waals surface area contributed by atoms with Gasteiger partial charge in [0.1, 0.15) is 0 Å². The van der Waals surface area contributed by atoms with Crippen molar-refractivity contribution < 1.29 is 32.5 Å². The van der Waals surface area contributed by atoms with Gasteiger partial charge in [0.05, 0.1) is 5.56 Å². The molecular weight excluding hydrogens is 229 g/mol. The smallest absolute Gasteiger partial charge is 0.468 e. The predicted octanol–water partition coefficient (Wildman–Crippen LogP) is 2.04. The van der Waals surface area contributed by atoms with Crippen LogP contribution in [0, 0.1) is 0 Å². The number of fused-ring (bicyclic) bond motifs is 1. The molecule has 1 unspecified atom stereocenters. The molecule has 1 heterocycles. The summed E-state index contributed by atoms with van der Waals surface area (Å²) < 4.78 is 46.4. The Morgan fingerprint density at radius 1 is 1.38 bits per heavy atom. The van der Waals surface area contributed by atoms with Crippen LogP contribution in [0.3, 0.4) is 0 Å². The normalized spacial score (nSPS) is 21.6. The van der Waals surface area contributed by atoms with Crippen molar-refractivity contribution in [3.05, 3.63) is 23.8 Å². The van der Waals surface area contributed by atoms with Crippen molar-refractivity contribution in [2.24, 2.45) is 0 Å². The standard InChI is InChI=1S/C9H5F3O4/c10-8-9(11,12)16-5-2-1-4(7(13)14)3-6(5)15-8/h1-3,8H,(H,13,14). The Morgan fingerprint density at radius 3 is 2.69 bits per heavy atom. The number of hydrogen-bond donors (Lipinski definition) is 1. The van der Waals surface area contributed by atoms with Gasteiger partial charge in [-0.3, -0.25) is 0 Å². The van der Waals surface area contributed by atoms with E-state index in [2.05, 4.69) is 9.47 Å². The lowest BCUT2D eigenvalue weighted by Crippen LogP contribution is -2.43. The molecule has 0 radical (unpaired) electrons. The number of ether oxygens (including phenoxy) is 2. The molecule has 86 valence electrons. The summed E-state index contributed by atoms with van der Waals surface area (Å²) in [5, 5.41) is 8.62. The lowest BCUT2D eigenvalue weighted by Gasteiger charge is -2.28. The van der Waals surface area contributed by atoms with Crippen molar-refractivity contribution in [3.8, 4) is 11.5 Å². The fraction of sp³-hybridized carbons (Fsp3) is 0.222. The number of carbonyl (C=O) groups is 1. The van der Waals surface area contributed by atoms with Gasteiger partial charge >= 0.3 is 18.4 Å². The lowest BCUT2D eigenvalue weighted by molar-refractivity contribution is -0.281. The van der Waals surface area contributed by atoms with E-state index in [9.17, 15) is 18.0 Å². The fourth-order valence-electron chi connectivity index (χ4n) is 1.19. The van der Waals surface area contributed by atoms with E-state index in [1.165, 1.54) is 0 Å². The molecule has 0 saturated heterocycles. The molecule has 16 heavy (non-hydrogen) atoms. The van der Waals surface area contributed by atoms with E-state index in [0.717, 1.165) is 18.2 Å². The molecular formula is C9H5F3O4. The van der Waals surface area contributed by atoms with E-state index in [4.69, 9.17) is 5.11 Å². The van der Waals surface area contributed by atoms with Crippen LogP contribution in [-0.4, -0.2) is 23.5 Å². The van der Waals surface area contributed by atoms with Crippen LogP contribution in [0.2, 0.25) is 0 Å².